The van der Waals surface area contributed by atoms with E-state index in [9.17, 15) is 18.4 Å². The monoisotopic (exact) mass is 620 g/mol. The maximum absolute atomic E-state index is 13.5. The van der Waals surface area contributed by atoms with Gasteiger partial charge in [0.2, 0.25) is 0 Å². The van der Waals surface area contributed by atoms with Crippen LogP contribution in [0.2, 0.25) is 0 Å². The molecule has 14 heteroatoms. The van der Waals surface area contributed by atoms with E-state index in [4.69, 9.17) is 20.9 Å². The molecule has 0 aliphatic rings. The second-order valence-corrected chi connectivity index (χ2v) is 9.69. The van der Waals surface area contributed by atoms with Crippen molar-refractivity contribution in [2.24, 2.45) is 0 Å². The highest BCUT2D eigenvalue weighted by molar-refractivity contribution is 5.90. The zero-order chi connectivity index (χ0) is 32.3. The van der Waals surface area contributed by atoms with Gasteiger partial charge in [0.15, 0.2) is 0 Å². The molecule has 0 aliphatic carbocycles. The molecule has 2 aromatic heterocycles. The van der Waals surface area contributed by atoms with Crippen LogP contribution < -0.4 is 32.7 Å². The number of nitrogen functional groups attached to an aromatic ring is 2. The van der Waals surface area contributed by atoms with Crippen LogP contribution in [-0.2, 0) is 29.0 Å². The number of amides is 2. The molecule has 0 saturated carbocycles. The van der Waals surface area contributed by atoms with E-state index in [1.807, 2.05) is 0 Å². The van der Waals surface area contributed by atoms with E-state index in [1.165, 1.54) is 24.3 Å². The smallest absolute Gasteiger partial charge is 0.411 e. The zero-order valence-corrected chi connectivity index (χ0v) is 24.7. The van der Waals surface area contributed by atoms with Crippen molar-refractivity contribution >= 4 is 46.8 Å². The number of hydrogen-bond acceptors (Lipinski definition) is 10. The van der Waals surface area contributed by atoms with Crippen molar-refractivity contribution in [1.29, 1.82) is 0 Å². The number of pyridine rings is 2. The van der Waals surface area contributed by atoms with Crippen LogP contribution in [0.1, 0.15) is 36.1 Å². The van der Waals surface area contributed by atoms with Gasteiger partial charge in [0.25, 0.3) is 0 Å². The van der Waals surface area contributed by atoms with Crippen molar-refractivity contribution in [3.63, 3.8) is 0 Å². The molecular formula is C31H34F2N8O4. The molecule has 12 nitrogen and oxygen atoms in total. The molecule has 45 heavy (non-hydrogen) atoms. The number of halogens is 2. The third-order valence-corrected chi connectivity index (χ3v) is 6.41. The molecule has 8 N–H and O–H groups in total. The van der Waals surface area contributed by atoms with Crippen LogP contribution in [-0.4, -0.2) is 35.4 Å². The summed E-state index contributed by atoms with van der Waals surface area (Å²) < 4.78 is 36.9. The average molecular weight is 621 g/mol. The molecule has 236 valence electrons. The summed E-state index contributed by atoms with van der Waals surface area (Å²) in [7, 11) is 0. The molecule has 2 amide bonds. The lowest BCUT2D eigenvalue weighted by molar-refractivity contribution is 0.167. The SMILES string of the molecule is CCOC(=O)Nc1cc(Cc2cc(NC(=O)OCC)c(N)nc2NCc2ccc(F)cc2)c(NCc2ccc(F)cc2)nc1N. The first-order chi connectivity index (χ1) is 21.6. The molecular weight excluding hydrogens is 586 g/mol. The number of hydrogen-bond donors (Lipinski definition) is 6. The summed E-state index contributed by atoms with van der Waals surface area (Å²) in [5.74, 6) is 0.103. The molecule has 0 aliphatic heterocycles. The van der Waals surface area contributed by atoms with Crippen molar-refractivity contribution in [2.75, 3.05) is 45.9 Å². The quantitative estimate of drug-likeness (QED) is 0.112. The van der Waals surface area contributed by atoms with Gasteiger partial charge < -0.3 is 31.6 Å². The third-order valence-electron chi connectivity index (χ3n) is 6.41. The van der Waals surface area contributed by atoms with Crippen LogP contribution >= 0.6 is 0 Å². The van der Waals surface area contributed by atoms with E-state index in [-0.39, 0.29) is 67.4 Å². The van der Waals surface area contributed by atoms with Crippen LogP contribution in [0.4, 0.5) is 53.0 Å². The van der Waals surface area contributed by atoms with E-state index >= 15 is 0 Å². The number of rotatable bonds is 12. The van der Waals surface area contributed by atoms with Crippen molar-refractivity contribution in [3.05, 3.63) is 94.6 Å². The third kappa shape index (κ3) is 9.16. The van der Waals surface area contributed by atoms with Gasteiger partial charge in [-0.15, -0.1) is 0 Å². The summed E-state index contributed by atoms with van der Waals surface area (Å²) in [6.07, 6.45) is -1.26. The summed E-state index contributed by atoms with van der Waals surface area (Å²) in [5, 5.41) is 11.6. The molecule has 0 bridgehead atoms. The van der Waals surface area contributed by atoms with E-state index in [0.717, 1.165) is 11.1 Å². The lowest BCUT2D eigenvalue weighted by Gasteiger charge is -2.19. The Labute approximate surface area is 258 Å². The van der Waals surface area contributed by atoms with Gasteiger partial charge in [0, 0.05) is 30.6 Å². The van der Waals surface area contributed by atoms with Gasteiger partial charge in [-0.1, -0.05) is 24.3 Å². The normalized spacial score (nSPS) is 10.6. The number of carbonyl (C=O) groups excluding carboxylic acids is 2. The Hall–Kier alpha value is -5.66. The number of carbonyl (C=O) groups is 2. The topological polar surface area (TPSA) is 179 Å². The van der Waals surface area contributed by atoms with E-state index < -0.39 is 12.2 Å². The molecule has 0 radical (unpaired) electrons. The maximum Gasteiger partial charge on any atom is 0.411 e. The predicted octanol–water partition coefficient (Wildman–Crippen LogP) is 5.87. The second kappa shape index (κ2) is 15.2. The molecule has 0 spiro atoms. The van der Waals surface area contributed by atoms with Gasteiger partial charge >= 0.3 is 12.2 Å². The minimum Gasteiger partial charge on any atom is -0.450 e. The van der Waals surface area contributed by atoms with E-state index in [2.05, 4.69) is 31.2 Å². The Morgan fingerprint density at radius 3 is 1.42 bits per heavy atom. The second-order valence-electron chi connectivity index (χ2n) is 9.69. The average Bonchev–Trinajstić information content (AvgIpc) is 3.00. The van der Waals surface area contributed by atoms with Crippen LogP contribution in [0, 0.1) is 11.6 Å². The first-order valence-electron chi connectivity index (χ1n) is 14.1. The molecule has 2 aromatic carbocycles. The predicted molar refractivity (Wildman–Crippen MR) is 169 cm³/mol. The van der Waals surface area contributed by atoms with E-state index in [0.29, 0.717) is 22.8 Å². The Kier molecular flexibility index (Phi) is 10.9. The number of ether oxygens (including phenoxy) is 2. The van der Waals surface area contributed by atoms with Gasteiger partial charge in [-0.2, -0.15) is 0 Å². The first kappa shape index (κ1) is 32.3. The molecule has 0 fully saturated rings. The van der Waals surface area contributed by atoms with Crippen LogP contribution in [0.15, 0.2) is 60.7 Å². The number of anilines is 6. The fourth-order valence-electron chi connectivity index (χ4n) is 4.25. The molecule has 0 unspecified atom stereocenters. The van der Waals surface area contributed by atoms with Gasteiger partial charge in [-0.05, 0) is 61.4 Å². The Bertz CT molecular complexity index is 1520. The maximum atomic E-state index is 13.5. The molecule has 0 atom stereocenters. The lowest BCUT2D eigenvalue weighted by atomic mass is 10.0. The number of benzene rings is 2. The number of nitrogens with zero attached hydrogens (tertiary/aromatic N) is 2. The minimum absolute atomic E-state index is 0.0307. The first-order valence-corrected chi connectivity index (χ1v) is 14.1. The fourth-order valence-corrected chi connectivity index (χ4v) is 4.25. The van der Waals surface area contributed by atoms with Crippen LogP contribution in [0.25, 0.3) is 0 Å². The van der Waals surface area contributed by atoms with Crippen LogP contribution in [0.3, 0.4) is 0 Å². The van der Waals surface area contributed by atoms with Crippen molar-refractivity contribution in [1.82, 2.24) is 9.97 Å². The van der Waals surface area contributed by atoms with Gasteiger partial charge in [-0.3, -0.25) is 10.6 Å². The number of nitrogens with one attached hydrogen (secondary N) is 4. The highest BCUT2D eigenvalue weighted by Gasteiger charge is 2.18. The standard InChI is InChI=1S/C31H34F2N8O4/c1-3-44-30(42)38-24-14-20(28(40-26(24)34)36-16-18-5-9-22(32)10-6-18)13-21-15-25(39-31(43)45-4-2)27(35)41-29(21)37-17-19-7-11-23(33)12-8-19/h5-12,14-15H,3-4,13,16-17H2,1-2H3,(H,38,42)(H,39,43)(H3,34,36,40)(H3,35,37,41). The van der Waals surface area contributed by atoms with Crippen molar-refractivity contribution in [2.45, 2.75) is 33.4 Å². The lowest BCUT2D eigenvalue weighted by Crippen LogP contribution is -2.17. The summed E-state index contributed by atoms with van der Waals surface area (Å²) in [4.78, 5) is 33.4. The summed E-state index contributed by atoms with van der Waals surface area (Å²) in [6, 6.07) is 15.2. The highest BCUT2D eigenvalue weighted by Crippen LogP contribution is 2.31. The van der Waals surface area contributed by atoms with Gasteiger partial charge in [0.1, 0.15) is 34.9 Å². The Balaban J connectivity index is 1.73. The van der Waals surface area contributed by atoms with Crippen molar-refractivity contribution < 1.29 is 27.8 Å². The molecule has 4 rings (SSSR count). The Morgan fingerprint density at radius 2 is 1.07 bits per heavy atom. The fraction of sp³-hybridized carbons (Fsp3) is 0.226. The molecule has 2 heterocycles. The minimum atomic E-state index is -0.708. The Morgan fingerprint density at radius 1 is 0.689 bits per heavy atom. The van der Waals surface area contributed by atoms with E-state index in [1.54, 1.807) is 50.2 Å². The van der Waals surface area contributed by atoms with Gasteiger partial charge in [0.05, 0.1) is 24.6 Å². The summed E-state index contributed by atoms with van der Waals surface area (Å²) >= 11 is 0. The summed E-state index contributed by atoms with van der Waals surface area (Å²) in [6.45, 7) is 4.22. The number of nitrogens with two attached hydrogens (primary N) is 2. The largest absolute Gasteiger partial charge is 0.450 e. The molecule has 0 saturated heterocycles. The summed E-state index contributed by atoms with van der Waals surface area (Å²) in [5.41, 5.74) is 15.5. The van der Waals surface area contributed by atoms with Gasteiger partial charge in [-0.25, -0.2) is 28.3 Å². The molecule has 4 aromatic rings. The van der Waals surface area contributed by atoms with Crippen LogP contribution in [0.5, 0.6) is 0 Å². The van der Waals surface area contributed by atoms with Crippen molar-refractivity contribution in [3.8, 4) is 0 Å². The zero-order valence-electron chi connectivity index (χ0n) is 24.7. The number of aromatic nitrogens is 2. The highest BCUT2D eigenvalue weighted by atomic mass is 19.1.